The van der Waals surface area contributed by atoms with Crippen LogP contribution < -0.4 is 0 Å². The number of benzene rings is 2. The van der Waals surface area contributed by atoms with Crippen LogP contribution in [0.25, 0.3) is 11.1 Å². The van der Waals surface area contributed by atoms with Gasteiger partial charge in [-0.1, -0.05) is 29.8 Å². The third-order valence-electron chi connectivity index (χ3n) is 5.81. The molecule has 28 heavy (non-hydrogen) atoms. The quantitative estimate of drug-likeness (QED) is 0.659. The Hall–Kier alpha value is -2.15. The van der Waals surface area contributed by atoms with Crippen molar-refractivity contribution in [1.82, 2.24) is 14.7 Å². The molecule has 144 valence electrons. The summed E-state index contributed by atoms with van der Waals surface area (Å²) in [7, 11) is -1.41. The minimum absolute atomic E-state index is 0.0175. The van der Waals surface area contributed by atoms with E-state index in [1.807, 2.05) is 55.8 Å². The van der Waals surface area contributed by atoms with Crippen molar-refractivity contribution in [3.8, 4) is 11.1 Å². The summed E-state index contributed by atoms with van der Waals surface area (Å²) in [6.07, 6.45) is 3.76. The molecule has 2 aromatic carbocycles. The first kappa shape index (κ1) is 17.9. The Kier molecular flexibility index (Phi) is 4.12. The topological polar surface area (TPSA) is 55.2 Å². The predicted octanol–water partition coefficient (Wildman–Crippen LogP) is 3.50. The van der Waals surface area contributed by atoms with E-state index in [-0.39, 0.29) is 11.2 Å². The minimum Gasteiger partial charge on any atom is -0.297 e. The second-order valence-corrected chi connectivity index (χ2v) is 10.2. The number of fused-ring (bicyclic) bond motifs is 3. The summed E-state index contributed by atoms with van der Waals surface area (Å²) in [6.45, 7) is 2.04. The molecule has 3 aromatic rings. The molecule has 1 aromatic heterocycles. The molecule has 2 aliphatic rings. The summed E-state index contributed by atoms with van der Waals surface area (Å²) >= 11 is 5.97. The van der Waals surface area contributed by atoms with E-state index in [4.69, 9.17) is 11.6 Å². The molecule has 0 bridgehead atoms. The summed E-state index contributed by atoms with van der Waals surface area (Å²) < 4.78 is 28.0. The number of aryl methyl sites for hydroxylation is 1. The fourth-order valence-electron chi connectivity index (χ4n) is 4.45. The maximum Gasteiger partial charge on any atom is 0.183 e. The largest absolute Gasteiger partial charge is 0.297 e. The van der Waals surface area contributed by atoms with Crippen LogP contribution in [0.3, 0.4) is 0 Å². The first-order valence-corrected chi connectivity index (χ1v) is 11.2. The first-order chi connectivity index (χ1) is 13.4. The van der Waals surface area contributed by atoms with E-state index in [9.17, 15) is 8.42 Å². The zero-order chi connectivity index (χ0) is 19.5. The highest BCUT2D eigenvalue weighted by Crippen LogP contribution is 2.46. The van der Waals surface area contributed by atoms with Crippen LogP contribution in [0.5, 0.6) is 0 Å². The van der Waals surface area contributed by atoms with E-state index in [1.165, 1.54) is 0 Å². The van der Waals surface area contributed by atoms with Crippen LogP contribution in [-0.2, 0) is 23.4 Å². The van der Waals surface area contributed by atoms with Gasteiger partial charge in [-0.15, -0.1) is 0 Å². The predicted molar refractivity (Wildman–Crippen MR) is 109 cm³/mol. The van der Waals surface area contributed by atoms with Gasteiger partial charge < -0.3 is 0 Å². The van der Waals surface area contributed by atoms with Crippen LogP contribution >= 0.6 is 11.6 Å². The highest BCUT2D eigenvalue weighted by atomic mass is 35.5. The molecule has 0 N–H and O–H groups in total. The van der Waals surface area contributed by atoms with Crippen molar-refractivity contribution < 1.29 is 8.42 Å². The van der Waals surface area contributed by atoms with E-state index in [0.717, 1.165) is 35.3 Å². The van der Waals surface area contributed by atoms with Gasteiger partial charge in [0.05, 0.1) is 16.3 Å². The van der Waals surface area contributed by atoms with Crippen molar-refractivity contribution in [2.75, 3.05) is 13.1 Å². The Morgan fingerprint density at radius 1 is 1.11 bits per heavy atom. The fraction of sp³-hybridized carbons (Fsp3) is 0.286. The number of sulfone groups is 1. The molecule has 2 aliphatic heterocycles. The van der Waals surface area contributed by atoms with Crippen LogP contribution in [0.15, 0.2) is 59.8 Å². The average molecular weight is 414 g/mol. The number of halogens is 1. The molecule has 0 unspecified atom stereocenters. The van der Waals surface area contributed by atoms with Gasteiger partial charge in [0.1, 0.15) is 0 Å². The number of hydrogen-bond donors (Lipinski definition) is 0. The van der Waals surface area contributed by atoms with Gasteiger partial charge in [-0.3, -0.25) is 9.58 Å². The molecule has 0 amide bonds. The summed E-state index contributed by atoms with van der Waals surface area (Å²) in [5.41, 5.74) is 4.11. The molecule has 1 saturated heterocycles. The second kappa shape index (κ2) is 6.44. The van der Waals surface area contributed by atoms with Gasteiger partial charge in [-0.25, -0.2) is 8.42 Å². The molecule has 0 radical (unpaired) electrons. The number of hydrogen-bond acceptors (Lipinski definition) is 4. The molecule has 0 aliphatic carbocycles. The molecular weight excluding hydrogens is 394 g/mol. The van der Waals surface area contributed by atoms with Gasteiger partial charge in [-0.2, -0.15) is 5.10 Å². The van der Waals surface area contributed by atoms with Crippen molar-refractivity contribution in [3.63, 3.8) is 0 Å². The number of rotatable bonds is 3. The molecule has 1 fully saturated rings. The molecule has 5 rings (SSSR count). The SMILES string of the molecule is Cn1cc(-c2ccc3c(c2)[C@@H]2CN(Cc4ccc(Cl)cc4)C[C@H]2S3(=O)=O)cn1. The van der Waals surface area contributed by atoms with E-state index in [0.29, 0.717) is 16.5 Å². The summed E-state index contributed by atoms with van der Waals surface area (Å²) in [5, 5.41) is 4.58. The zero-order valence-corrected chi connectivity index (χ0v) is 17.0. The van der Waals surface area contributed by atoms with E-state index < -0.39 is 9.84 Å². The smallest absolute Gasteiger partial charge is 0.183 e. The van der Waals surface area contributed by atoms with E-state index >= 15 is 0 Å². The van der Waals surface area contributed by atoms with Crippen LogP contribution in [-0.4, -0.2) is 41.4 Å². The maximum atomic E-state index is 13.1. The Labute approximate surface area is 169 Å². The number of aromatic nitrogens is 2. The molecule has 7 heteroatoms. The van der Waals surface area contributed by atoms with E-state index in [1.54, 1.807) is 10.7 Å². The summed E-state index contributed by atoms with van der Waals surface area (Å²) in [6, 6.07) is 13.5. The standard InChI is InChI=1S/C21H20ClN3O2S/c1-24-11-16(9-23-24)15-4-7-20-18(8-15)19-12-25(13-21(19)28(20,26)27)10-14-2-5-17(22)6-3-14/h2-9,11,19,21H,10,12-13H2,1H3/t19-,21+/m0/s1. The van der Waals surface area contributed by atoms with Crippen molar-refractivity contribution >= 4 is 21.4 Å². The van der Waals surface area contributed by atoms with E-state index in [2.05, 4.69) is 10.00 Å². The molecule has 0 saturated carbocycles. The lowest BCUT2D eigenvalue weighted by Gasteiger charge is -2.17. The minimum atomic E-state index is -3.29. The lowest BCUT2D eigenvalue weighted by Crippen LogP contribution is -2.25. The Morgan fingerprint density at radius 2 is 1.89 bits per heavy atom. The lowest BCUT2D eigenvalue weighted by molar-refractivity contribution is 0.325. The second-order valence-electron chi connectivity index (χ2n) is 7.67. The third-order valence-corrected chi connectivity index (χ3v) is 8.33. The zero-order valence-electron chi connectivity index (χ0n) is 15.4. The van der Waals surface area contributed by atoms with Crippen molar-refractivity contribution in [1.29, 1.82) is 0 Å². The van der Waals surface area contributed by atoms with Gasteiger partial charge in [0.2, 0.25) is 0 Å². The monoisotopic (exact) mass is 413 g/mol. The van der Waals surface area contributed by atoms with Crippen LogP contribution in [0.1, 0.15) is 17.0 Å². The van der Waals surface area contributed by atoms with Gasteiger partial charge in [0.15, 0.2) is 9.84 Å². The van der Waals surface area contributed by atoms with Gasteiger partial charge in [0.25, 0.3) is 0 Å². The highest BCUT2D eigenvalue weighted by Gasteiger charge is 2.50. The third kappa shape index (κ3) is 2.87. The average Bonchev–Trinajstić information content (AvgIpc) is 3.34. The van der Waals surface area contributed by atoms with Crippen molar-refractivity contribution in [3.05, 3.63) is 71.0 Å². The number of nitrogens with zero attached hydrogens (tertiary/aromatic N) is 3. The molecule has 3 heterocycles. The van der Waals surface area contributed by atoms with Gasteiger partial charge in [0, 0.05) is 49.4 Å². The fourth-order valence-corrected chi connectivity index (χ4v) is 6.77. The molecule has 5 nitrogen and oxygen atoms in total. The molecule has 2 atom stereocenters. The molecule has 0 spiro atoms. The van der Waals surface area contributed by atoms with Crippen molar-refractivity contribution in [2.24, 2.45) is 7.05 Å². The Morgan fingerprint density at radius 3 is 2.61 bits per heavy atom. The van der Waals surface area contributed by atoms with Gasteiger partial charge >= 0.3 is 0 Å². The van der Waals surface area contributed by atoms with Crippen LogP contribution in [0.2, 0.25) is 5.02 Å². The highest BCUT2D eigenvalue weighted by molar-refractivity contribution is 7.92. The first-order valence-electron chi connectivity index (χ1n) is 9.25. The van der Waals surface area contributed by atoms with Crippen LogP contribution in [0, 0.1) is 0 Å². The number of likely N-dealkylation sites (tertiary alicyclic amines) is 1. The maximum absolute atomic E-state index is 13.1. The van der Waals surface area contributed by atoms with Gasteiger partial charge in [-0.05, 0) is 41.0 Å². The summed E-state index contributed by atoms with van der Waals surface area (Å²) in [4.78, 5) is 2.73. The lowest BCUT2D eigenvalue weighted by atomic mass is 9.95. The summed E-state index contributed by atoms with van der Waals surface area (Å²) in [5.74, 6) is 0.0175. The van der Waals surface area contributed by atoms with Crippen LogP contribution in [0.4, 0.5) is 0 Å². The Bertz CT molecular complexity index is 1150. The Balaban J connectivity index is 1.46. The molecular formula is C21H20ClN3O2S. The van der Waals surface area contributed by atoms with Crippen molar-refractivity contribution in [2.45, 2.75) is 22.6 Å². The normalized spacial score (nSPS) is 22.9.